The highest BCUT2D eigenvalue weighted by atomic mass is 16.5. The Morgan fingerprint density at radius 1 is 0.808 bits per heavy atom. The molecule has 8 rings (SSSR count). The van der Waals surface area contributed by atoms with Gasteiger partial charge in [-0.3, -0.25) is 24.5 Å². The van der Waals surface area contributed by atoms with Crippen LogP contribution in [-0.4, -0.2) is 75.9 Å². The van der Waals surface area contributed by atoms with Crippen molar-refractivity contribution < 1.29 is 19.4 Å². The molecule has 2 N–H and O–H groups in total. The van der Waals surface area contributed by atoms with E-state index in [-0.39, 0.29) is 17.6 Å². The number of benzene rings is 4. The monoisotopic (exact) mass is 692 g/mol. The van der Waals surface area contributed by atoms with Crippen LogP contribution in [0.3, 0.4) is 0 Å². The molecule has 6 aromatic rings. The number of aromatic nitrogens is 3. The number of hydrogen-bond acceptors (Lipinski definition) is 8. The lowest BCUT2D eigenvalue weighted by Crippen LogP contribution is -2.47. The number of anilines is 1. The minimum Gasteiger partial charge on any atom is -0.508 e. The van der Waals surface area contributed by atoms with E-state index < -0.39 is 6.04 Å². The van der Waals surface area contributed by atoms with Crippen molar-refractivity contribution >= 4 is 28.4 Å². The molecule has 262 valence electrons. The van der Waals surface area contributed by atoms with E-state index in [1.807, 2.05) is 54.9 Å². The summed E-state index contributed by atoms with van der Waals surface area (Å²) in [7, 11) is 0. The zero-order valence-electron chi connectivity index (χ0n) is 28.8. The van der Waals surface area contributed by atoms with Gasteiger partial charge in [0.25, 0.3) is 5.91 Å². The predicted molar refractivity (Wildman–Crippen MR) is 202 cm³/mol. The van der Waals surface area contributed by atoms with E-state index in [0.29, 0.717) is 19.4 Å². The summed E-state index contributed by atoms with van der Waals surface area (Å²) in [5.41, 5.74) is 6.36. The normalized spacial score (nSPS) is 16.6. The first-order valence-corrected chi connectivity index (χ1v) is 17.8. The number of rotatable bonds is 10. The molecule has 2 aromatic heterocycles. The van der Waals surface area contributed by atoms with Gasteiger partial charge in [0.2, 0.25) is 5.91 Å². The minimum absolute atomic E-state index is 0.235. The molecule has 2 fully saturated rings. The van der Waals surface area contributed by atoms with Crippen LogP contribution in [0, 0.1) is 0 Å². The summed E-state index contributed by atoms with van der Waals surface area (Å²) >= 11 is 0. The lowest BCUT2D eigenvalue weighted by Gasteiger charge is -2.35. The summed E-state index contributed by atoms with van der Waals surface area (Å²) in [5.74, 6) is 1.52. The van der Waals surface area contributed by atoms with Crippen LogP contribution in [-0.2, 0) is 9.59 Å². The second-order valence-corrected chi connectivity index (χ2v) is 13.4. The summed E-state index contributed by atoms with van der Waals surface area (Å²) in [4.78, 5) is 33.3. The zero-order valence-corrected chi connectivity index (χ0v) is 28.8. The van der Waals surface area contributed by atoms with Crippen molar-refractivity contribution in [2.24, 2.45) is 0 Å². The lowest BCUT2D eigenvalue weighted by molar-refractivity contribution is -0.135. The number of phenolic OH excluding ortho intramolecular Hbond substituents is 1. The Labute approximate surface area is 302 Å². The van der Waals surface area contributed by atoms with Gasteiger partial charge in [-0.05, 0) is 82.3 Å². The summed E-state index contributed by atoms with van der Waals surface area (Å²) in [6.07, 6.45) is 7.14. The number of nitrogens with zero attached hydrogens (tertiary/aromatic N) is 5. The molecule has 2 aliphatic rings. The van der Waals surface area contributed by atoms with Crippen LogP contribution in [0.25, 0.3) is 44.2 Å². The van der Waals surface area contributed by atoms with Crippen molar-refractivity contribution in [3.05, 3.63) is 116 Å². The molecule has 0 spiro atoms. The Hall–Kier alpha value is -6.00. The fourth-order valence-electron chi connectivity index (χ4n) is 7.22. The van der Waals surface area contributed by atoms with Gasteiger partial charge < -0.3 is 14.7 Å². The van der Waals surface area contributed by atoms with Crippen molar-refractivity contribution in [2.75, 3.05) is 44.2 Å². The largest absolute Gasteiger partial charge is 0.508 e. The topological polar surface area (TPSA) is 113 Å². The van der Waals surface area contributed by atoms with E-state index in [4.69, 9.17) is 9.72 Å². The van der Waals surface area contributed by atoms with Gasteiger partial charge in [0.1, 0.15) is 23.4 Å². The average molecular weight is 693 g/mol. The summed E-state index contributed by atoms with van der Waals surface area (Å²) in [5, 5.41) is 19.0. The molecule has 52 heavy (non-hydrogen) atoms. The molecule has 10 nitrogen and oxygen atoms in total. The molecular formula is C42H40N6O4. The summed E-state index contributed by atoms with van der Waals surface area (Å²) in [6.45, 7) is 5.35. The van der Waals surface area contributed by atoms with Gasteiger partial charge in [0.15, 0.2) is 0 Å². The smallest absolute Gasteiger partial charge is 0.251 e. The quantitative estimate of drug-likeness (QED) is 0.120. The van der Waals surface area contributed by atoms with Crippen LogP contribution in [0.2, 0.25) is 0 Å². The number of imide groups is 1. The van der Waals surface area contributed by atoms with E-state index in [9.17, 15) is 14.7 Å². The van der Waals surface area contributed by atoms with Crippen LogP contribution >= 0.6 is 0 Å². The first kappa shape index (κ1) is 33.2. The van der Waals surface area contributed by atoms with Gasteiger partial charge in [0, 0.05) is 62.7 Å². The third-order valence-electron chi connectivity index (χ3n) is 10.0. The fraction of sp³-hybridized carbons (Fsp3) is 0.238. The minimum atomic E-state index is -0.471. The van der Waals surface area contributed by atoms with Crippen LogP contribution in [0.5, 0.6) is 11.5 Å². The molecule has 2 saturated heterocycles. The number of nitrogens with one attached hydrogen (secondary N) is 1. The Bertz CT molecular complexity index is 2190. The van der Waals surface area contributed by atoms with Crippen LogP contribution in [0.15, 0.2) is 116 Å². The second kappa shape index (κ2) is 14.7. The van der Waals surface area contributed by atoms with Crippen LogP contribution in [0.4, 0.5) is 5.82 Å². The third kappa shape index (κ3) is 7.11. The van der Waals surface area contributed by atoms with Crippen molar-refractivity contribution in [1.82, 2.24) is 25.0 Å². The molecule has 2 aliphatic heterocycles. The number of pyridine rings is 1. The van der Waals surface area contributed by atoms with E-state index in [2.05, 4.69) is 68.7 Å². The number of carbonyl (C=O) groups is 2. The predicted octanol–water partition coefficient (Wildman–Crippen LogP) is 6.71. The number of phenols is 1. The molecule has 0 aliphatic carbocycles. The summed E-state index contributed by atoms with van der Waals surface area (Å²) in [6, 6.07) is 32.1. The van der Waals surface area contributed by atoms with Gasteiger partial charge in [-0.15, -0.1) is 0 Å². The van der Waals surface area contributed by atoms with Crippen molar-refractivity contribution in [1.29, 1.82) is 0 Å². The van der Waals surface area contributed by atoms with E-state index in [0.717, 1.165) is 94.9 Å². The van der Waals surface area contributed by atoms with Gasteiger partial charge in [-0.1, -0.05) is 60.7 Å². The molecule has 0 radical (unpaired) electrons. The van der Waals surface area contributed by atoms with E-state index in [1.54, 1.807) is 16.9 Å². The number of amides is 2. The molecule has 4 heterocycles. The van der Waals surface area contributed by atoms with Crippen LogP contribution < -0.4 is 15.0 Å². The highest BCUT2D eigenvalue weighted by Gasteiger charge is 2.28. The molecule has 2 amide bonds. The second-order valence-electron chi connectivity index (χ2n) is 13.4. The van der Waals surface area contributed by atoms with Gasteiger partial charge in [-0.2, -0.15) is 5.10 Å². The third-order valence-corrected chi connectivity index (χ3v) is 10.0. The van der Waals surface area contributed by atoms with Gasteiger partial charge in [-0.25, -0.2) is 4.98 Å². The molecule has 1 atom stereocenters. The first-order valence-electron chi connectivity index (χ1n) is 17.8. The molecule has 0 bridgehead atoms. The highest BCUT2D eigenvalue weighted by Crippen LogP contribution is 2.39. The fourth-order valence-corrected chi connectivity index (χ4v) is 7.22. The van der Waals surface area contributed by atoms with Crippen molar-refractivity contribution in [3.8, 4) is 44.9 Å². The number of fused-ring (bicyclic) bond motifs is 1. The lowest BCUT2D eigenvalue weighted by atomic mass is 9.90. The number of hydrogen-bond donors (Lipinski definition) is 2. The number of piperidine rings is 1. The zero-order chi connectivity index (χ0) is 35.4. The Balaban J connectivity index is 0.822. The maximum atomic E-state index is 12.2. The van der Waals surface area contributed by atoms with E-state index >= 15 is 0 Å². The van der Waals surface area contributed by atoms with Gasteiger partial charge in [0.05, 0.1) is 12.8 Å². The molecule has 0 saturated carbocycles. The average Bonchev–Trinajstić information content (AvgIpc) is 3.67. The van der Waals surface area contributed by atoms with Gasteiger partial charge >= 0.3 is 0 Å². The van der Waals surface area contributed by atoms with Crippen LogP contribution in [0.1, 0.15) is 25.3 Å². The number of ether oxygens (including phenoxy) is 1. The molecular weight excluding hydrogens is 653 g/mol. The Morgan fingerprint density at radius 3 is 2.38 bits per heavy atom. The number of piperazine rings is 1. The summed E-state index contributed by atoms with van der Waals surface area (Å²) < 4.78 is 7.80. The molecule has 1 unspecified atom stereocenters. The Kier molecular flexibility index (Phi) is 9.37. The standard InChI is InChI=1S/C42H40N6O4/c49-34-11-15-37-31(25-34)9-14-36(29-5-2-1-3-6-29)41(37)30-7-12-35(13-8-30)52-24-4-19-46-20-22-47(23-21-46)39-17-10-32(26-43-39)33-27-44-48(28-33)38-16-18-40(50)45-42(38)51/h1-3,5-15,17,25-28,38,49H,4,16,18-24H2,(H,45,50,51). The molecule has 10 heteroatoms. The Morgan fingerprint density at radius 2 is 1.62 bits per heavy atom. The number of carbonyl (C=O) groups excluding carboxylic acids is 2. The van der Waals surface area contributed by atoms with E-state index in [1.165, 1.54) is 0 Å². The SMILES string of the molecule is O=C1CCC(n2cc(-c3ccc(N4CCN(CCCOc5ccc(-c6c(-c7ccccc7)ccc7cc(O)ccc67)cc5)CC4)nc3)cn2)C(=O)N1. The van der Waals surface area contributed by atoms with Crippen molar-refractivity contribution in [2.45, 2.75) is 25.3 Å². The maximum Gasteiger partial charge on any atom is 0.251 e. The number of aromatic hydroxyl groups is 1. The highest BCUT2D eigenvalue weighted by molar-refractivity contribution is 6.04. The van der Waals surface area contributed by atoms with Crippen molar-refractivity contribution in [3.63, 3.8) is 0 Å². The maximum absolute atomic E-state index is 12.2. The molecule has 4 aromatic carbocycles. The first-order chi connectivity index (χ1) is 25.5.